The number of fused-ring (bicyclic) bond motifs is 1. The van der Waals surface area contributed by atoms with Gasteiger partial charge in [-0.05, 0) is 30.3 Å². The Labute approximate surface area is 146 Å². The van der Waals surface area contributed by atoms with Crippen LogP contribution in [0.5, 0.6) is 11.5 Å². The highest BCUT2D eigenvalue weighted by molar-refractivity contribution is 7.99. The molecule has 0 radical (unpaired) electrons. The first-order valence-electron chi connectivity index (χ1n) is 7.42. The Morgan fingerprint density at radius 3 is 2.56 bits per heavy atom. The number of rotatable bonds is 4. The van der Waals surface area contributed by atoms with Gasteiger partial charge in [0.25, 0.3) is 5.91 Å². The molecule has 0 saturated carbocycles. The number of halogens is 3. The zero-order valence-electron chi connectivity index (χ0n) is 12.9. The van der Waals surface area contributed by atoms with Crippen molar-refractivity contribution in [3.63, 3.8) is 0 Å². The number of carbonyl (C=O) groups excluding carboxylic acids is 1. The van der Waals surface area contributed by atoms with Crippen molar-refractivity contribution in [1.29, 1.82) is 0 Å². The number of para-hydroxylation sites is 1. The van der Waals surface area contributed by atoms with Gasteiger partial charge in [-0.15, -0.1) is 11.8 Å². The zero-order valence-corrected chi connectivity index (χ0v) is 13.7. The summed E-state index contributed by atoms with van der Waals surface area (Å²) in [4.78, 5) is 12.8. The fourth-order valence-electron chi connectivity index (χ4n) is 2.23. The van der Waals surface area contributed by atoms with Crippen molar-refractivity contribution in [2.75, 3.05) is 24.3 Å². The van der Waals surface area contributed by atoms with E-state index in [-0.39, 0.29) is 0 Å². The highest BCUT2D eigenvalue weighted by atomic mass is 32.2. The number of alkyl halides is 3. The number of anilines is 1. The lowest BCUT2D eigenvalue weighted by Gasteiger charge is -2.19. The molecule has 0 atom stereocenters. The van der Waals surface area contributed by atoms with E-state index in [0.29, 0.717) is 52.6 Å². The van der Waals surface area contributed by atoms with Crippen molar-refractivity contribution >= 4 is 23.4 Å². The molecule has 1 aliphatic rings. The maximum Gasteiger partial charge on any atom is 0.398 e. The van der Waals surface area contributed by atoms with Crippen molar-refractivity contribution in [2.45, 2.75) is 11.1 Å². The molecule has 4 nitrogen and oxygen atoms in total. The van der Waals surface area contributed by atoms with Crippen molar-refractivity contribution in [3.8, 4) is 11.5 Å². The molecule has 2 aromatic carbocycles. The fraction of sp³-hybridized carbons (Fsp3) is 0.235. The molecule has 25 heavy (non-hydrogen) atoms. The third-order valence-electron chi connectivity index (χ3n) is 3.33. The van der Waals surface area contributed by atoms with Crippen molar-refractivity contribution in [3.05, 3.63) is 48.0 Å². The molecule has 132 valence electrons. The predicted molar refractivity (Wildman–Crippen MR) is 88.6 cm³/mol. The normalized spacial score (nSPS) is 13.4. The van der Waals surface area contributed by atoms with Crippen molar-refractivity contribution < 1.29 is 27.4 Å². The molecule has 0 aromatic heterocycles. The predicted octanol–water partition coefficient (Wildman–Crippen LogP) is 4.36. The SMILES string of the molecule is O=C(Nc1ccccc1SCC(F)(F)F)c1ccc2c(c1)OCCO2. The van der Waals surface area contributed by atoms with Crippen LogP contribution < -0.4 is 14.8 Å². The van der Waals surface area contributed by atoms with Crippen LogP contribution in [0.15, 0.2) is 47.4 Å². The topological polar surface area (TPSA) is 47.6 Å². The average molecular weight is 369 g/mol. The van der Waals surface area contributed by atoms with Crippen LogP contribution in [0, 0.1) is 0 Å². The first-order chi connectivity index (χ1) is 11.9. The third-order valence-corrected chi connectivity index (χ3v) is 4.47. The summed E-state index contributed by atoms with van der Waals surface area (Å²) >= 11 is 0.630. The van der Waals surface area contributed by atoms with Crippen LogP contribution >= 0.6 is 11.8 Å². The molecule has 1 heterocycles. The van der Waals surface area contributed by atoms with E-state index in [0.717, 1.165) is 0 Å². The molecular weight excluding hydrogens is 355 g/mol. The number of nitrogens with one attached hydrogen (secondary N) is 1. The third kappa shape index (κ3) is 4.60. The monoisotopic (exact) mass is 369 g/mol. The van der Waals surface area contributed by atoms with E-state index in [1.165, 1.54) is 6.07 Å². The number of hydrogen-bond acceptors (Lipinski definition) is 4. The van der Waals surface area contributed by atoms with Gasteiger partial charge in [0.1, 0.15) is 13.2 Å². The van der Waals surface area contributed by atoms with Gasteiger partial charge in [0, 0.05) is 10.5 Å². The van der Waals surface area contributed by atoms with E-state index in [4.69, 9.17) is 9.47 Å². The van der Waals surface area contributed by atoms with Crippen LogP contribution in [-0.4, -0.2) is 31.1 Å². The molecule has 1 N–H and O–H groups in total. The summed E-state index contributed by atoms with van der Waals surface area (Å²) in [5.41, 5.74) is 0.663. The number of benzene rings is 2. The molecule has 2 aromatic rings. The lowest BCUT2D eigenvalue weighted by molar-refractivity contribution is -0.105. The first-order valence-corrected chi connectivity index (χ1v) is 8.40. The van der Waals surface area contributed by atoms with Crippen LogP contribution in [0.2, 0.25) is 0 Å². The molecule has 0 unspecified atom stereocenters. The lowest BCUT2D eigenvalue weighted by Crippen LogP contribution is -2.17. The number of carbonyl (C=O) groups is 1. The molecule has 0 spiro atoms. The van der Waals surface area contributed by atoms with Gasteiger partial charge >= 0.3 is 6.18 Å². The molecular formula is C17H14F3NO3S. The van der Waals surface area contributed by atoms with Crippen LogP contribution in [0.25, 0.3) is 0 Å². The summed E-state index contributed by atoms with van der Waals surface area (Å²) in [5.74, 6) is -0.427. The number of hydrogen-bond donors (Lipinski definition) is 1. The smallest absolute Gasteiger partial charge is 0.398 e. The second kappa shape index (κ2) is 7.26. The number of thioether (sulfide) groups is 1. The summed E-state index contributed by atoms with van der Waals surface area (Å²) in [6, 6.07) is 11.1. The molecule has 0 saturated heterocycles. The average Bonchev–Trinajstić information content (AvgIpc) is 2.60. The molecule has 0 fully saturated rings. The maximum absolute atomic E-state index is 12.4. The second-order valence-corrected chi connectivity index (χ2v) is 6.23. The van der Waals surface area contributed by atoms with Crippen LogP contribution in [0.1, 0.15) is 10.4 Å². The molecule has 1 amide bonds. The summed E-state index contributed by atoms with van der Waals surface area (Å²) < 4.78 is 48.1. The largest absolute Gasteiger partial charge is 0.486 e. The van der Waals surface area contributed by atoms with E-state index in [1.807, 2.05) is 0 Å². The Morgan fingerprint density at radius 2 is 1.80 bits per heavy atom. The highest BCUT2D eigenvalue weighted by Gasteiger charge is 2.27. The standard InChI is InChI=1S/C17H14F3NO3S/c18-17(19,20)10-25-15-4-2-1-3-12(15)21-16(22)11-5-6-13-14(9-11)24-8-7-23-13/h1-6,9H,7-8,10H2,(H,21,22). The molecule has 3 rings (SSSR count). The van der Waals surface area contributed by atoms with Gasteiger partial charge in [-0.25, -0.2) is 0 Å². The Kier molecular flexibility index (Phi) is 5.08. The van der Waals surface area contributed by atoms with E-state index < -0.39 is 17.8 Å². The van der Waals surface area contributed by atoms with Gasteiger partial charge < -0.3 is 14.8 Å². The van der Waals surface area contributed by atoms with Crippen molar-refractivity contribution in [2.24, 2.45) is 0 Å². The fourth-order valence-corrected chi connectivity index (χ4v) is 3.00. The van der Waals surface area contributed by atoms with Crippen LogP contribution in [0.3, 0.4) is 0 Å². The van der Waals surface area contributed by atoms with Crippen LogP contribution in [-0.2, 0) is 0 Å². The quantitative estimate of drug-likeness (QED) is 0.814. The highest BCUT2D eigenvalue weighted by Crippen LogP contribution is 2.33. The summed E-state index contributed by atoms with van der Waals surface area (Å²) in [7, 11) is 0. The maximum atomic E-state index is 12.4. The van der Waals surface area contributed by atoms with Gasteiger partial charge in [0.2, 0.25) is 0 Å². The lowest BCUT2D eigenvalue weighted by atomic mass is 10.1. The minimum Gasteiger partial charge on any atom is -0.486 e. The molecule has 0 aliphatic carbocycles. The van der Waals surface area contributed by atoms with Gasteiger partial charge in [0.05, 0.1) is 11.4 Å². The zero-order chi connectivity index (χ0) is 17.9. The first kappa shape index (κ1) is 17.5. The minimum absolute atomic E-state index is 0.330. The van der Waals surface area contributed by atoms with Gasteiger partial charge in [-0.3, -0.25) is 4.79 Å². The Morgan fingerprint density at radius 1 is 1.08 bits per heavy atom. The Hall–Kier alpha value is -2.35. The minimum atomic E-state index is -4.28. The van der Waals surface area contributed by atoms with Gasteiger partial charge in [-0.1, -0.05) is 12.1 Å². The van der Waals surface area contributed by atoms with E-state index in [9.17, 15) is 18.0 Å². The van der Waals surface area contributed by atoms with Crippen LogP contribution in [0.4, 0.5) is 18.9 Å². The van der Waals surface area contributed by atoms with Gasteiger partial charge in [0.15, 0.2) is 11.5 Å². The number of ether oxygens (including phenoxy) is 2. The Balaban J connectivity index is 1.75. The summed E-state index contributed by atoms with van der Waals surface area (Å²) in [6.07, 6.45) is -4.28. The number of amides is 1. The molecule has 0 bridgehead atoms. The Bertz CT molecular complexity index is 780. The van der Waals surface area contributed by atoms with E-state index in [2.05, 4.69) is 5.32 Å². The molecule has 8 heteroatoms. The van der Waals surface area contributed by atoms with Gasteiger partial charge in [-0.2, -0.15) is 13.2 Å². The van der Waals surface area contributed by atoms with Crippen molar-refractivity contribution in [1.82, 2.24) is 0 Å². The molecule has 1 aliphatic heterocycles. The van der Waals surface area contributed by atoms with E-state index in [1.54, 1.807) is 36.4 Å². The summed E-state index contributed by atoms with van der Waals surface area (Å²) in [5, 5.41) is 2.65. The second-order valence-electron chi connectivity index (χ2n) is 5.21. The summed E-state index contributed by atoms with van der Waals surface area (Å²) in [6.45, 7) is 0.845. The van der Waals surface area contributed by atoms with E-state index >= 15 is 0 Å².